The van der Waals surface area contributed by atoms with Gasteiger partial charge in [-0.1, -0.05) is 170 Å². The Morgan fingerprint density at radius 3 is 1.49 bits per heavy atom. The zero-order valence-electron chi connectivity index (χ0n) is 30.5. The van der Waals surface area contributed by atoms with Gasteiger partial charge in [-0.25, -0.2) is 15.0 Å². The van der Waals surface area contributed by atoms with Crippen LogP contribution in [0.25, 0.3) is 106 Å². The summed E-state index contributed by atoms with van der Waals surface area (Å²) >= 11 is 2.50. The van der Waals surface area contributed by atoms with Crippen molar-refractivity contribution in [3.05, 3.63) is 192 Å². The van der Waals surface area contributed by atoms with Gasteiger partial charge in [0.1, 0.15) is 5.58 Å². The van der Waals surface area contributed by atoms with Crippen LogP contribution in [-0.2, 0) is 0 Å². The molecule has 0 N–H and O–H groups in total. The van der Waals surface area contributed by atoms with Gasteiger partial charge in [0.2, 0.25) is 5.71 Å². The fraction of sp³-hybridized carbons (Fsp3) is 0. The lowest BCUT2D eigenvalue weighted by molar-refractivity contribution is 0.646. The Labute approximate surface area is 342 Å². The Morgan fingerprint density at radius 2 is 0.895 bits per heavy atom. The number of hydrogen-bond donors (Lipinski definition) is 0. The van der Waals surface area contributed by atoms with E-state index in [4.69, 9.17) is 19.4 Å². The summed E-state index contributed by atoms with van der Waals surface area (Å²) in [6.07, 6.45) is 0. The van der Waals surface area contributed by atoms with E-state index in [1.54, 1.807) is 0 Å². The number of aromatic nitrogens is 4. The van der Waals surface area contributed by atoms with Crippen LogP contribution in [0.5, 0.6) is 0 Å². The minimum Gasteiger partial charge on any atom is -0.438 e. The number of fused-ring (bicyclic) bond motifs is 7. The van der Waals surface area contributed by atoms with E-state index in [1.165, 1.54) is 14.3 Å². The van der Waals surface area contributed by atoms with Crippen molar-refractivity contribution in [2.75, 3.05) is 0 Å². The minimum absolute atomic E-state index is 0.625. The molecule has 0 bridgehead atoms. The van der Waals surface area contributed by atoms with Gasteiger partial charge in [-0.15, -0.1) is 0 Å². The Balaban J connectivity index is 1.16. The van der Waals surface area contributed by atoms with E-state index in [9.17, 15) is 0 Å². The minimum atomic E-state index is 0.625. The Morgan fingerprint density at radius 1 is 0.404 bits per heavy atom. The smallest absolute Gasteiger partial charge is 0.213 e. The average molecular weight is 843 g/mol. The van der Waals surface area contributed by atoms with Crippen LogP contribution in [0.3, 0.4) is 0 Å². The molecule has 268 valence electrons. The van der Waals surface area contributed by atoms with Crippen LogP contribution in [0, 0.1) is 3.57 Å². The molecule has 8 aromatic carbocycles. The second-order valence-electron chi connectivity index (χ2n) is 14.1. The molecule has 0 amide bonds. The summed E-state index contributed by atoms with van der Waals surface area (Å²) < 4.78 is 10.6. The zero-order chi connectivity index (χ0) is 37.9. The lowest BCUT2D eigenvalue weighted by atomic mass is 9.94. The molecule has 0 aliphatic heterocycles. The number of benzene rings is 8. The van der Waals surface area contributed by atoms with Gasteiger partial charge in [0.05, 0.1) is 10.9 Å². The van der Waals surface area contributed by atoms with Crippen molar-refractivity contribution in [3.63, 3.8) is 0 Å². The van der Waals surface area contributed by atoms with Gasteiger partial charge in [-0.3, -0.25) is 4.57 Å². The lowest BCUT2D eigenvalue weighted by Crippen LogP contribution is -2.00. The third kappa shape index (κ3) is 5.55. The molecule has 0 radical (unpaired) electrons. The van der Waals surface area contributed by atoms with Crippen LogP contribution >= 0.6 is 22.6 Å². The van der Waals surface area contributed by atoms with Crippen LogP contribution in [-0.4, -0.2) is 19.5 Å². The predicted molar refractivity (Wildman–Crippen MR) is 241 cm³/mol. The fourth-order valence-electron chi connectivity index (χ4n) is 8.14. The van der Waals surface area contributed by atoms with E-state index >= 15 is 0 Å². The number of para-hydroxylation sites is 1. The SMILES string of the molecule is Ic1c(-c2ccccc2)c2oc3c(c4c(-c5ccc(-c6nc(-c7ccccc7)nc(-c7ccccc7)n6)cc5)cccc4n3-c3ccccc3)c2c2ccccc12. The monoisotopic (exact) mass is 842 g/mol. The van der Waals surface area contributed by atoms with Crippen LogP contribution in [0.1, 0.15) is 0 Å². The molecular formula is C51H31IN4O. The molecule has 0 fully saturated rings. The summed E-state index contributed by atoms with van der Waals surface area (Å²) in [6.45, 7) is 0. The van der Waals surface area contributed by atoms with Crippen LogP contribution in [0.2, 0.25) is 0 Å². The molecular weight excluding hydrogens is 811 g/mol. The molecule has 0 saturated heterocycles. The highest BCUT2D eigenvalue weighted by Gasteiger charge is 2.27. The van der Waals surface area contributed by atoms with Gasteiger partial charge in [0.25, 0.3) is 0 Å². The van der Waals surface area contributed by atoms with E-state index in [2.05, 4.69) is 155 Å². The van der Waals surface area contributed by atoms with Crippen molar-refractivity contribution >= 4 is 66.3 Å². The second kappa shape index (κ2) is 13.7. The molecule has 0 unspecified atom stereocenters. The van der Waals surface area contributed by atoms with Crippen molar-refractivity contribution < 1.29 is 4.42 Å². The first-order valence-electron chi connectivity index (χ1n) is 18.9. The first kappa shape index (κ1) is 33.4. The molecule has 11 aromatic rings. The van der Waals surface area contributed by atoms with Crippen LogP contribution in [0.15, 0.2) is 192 Å². The molecule has 57 heavy (non-hydrogen) atoms. The van der Waals surface area contributed by atoms with Gasteiger partial charge in [-0.05, 0) is 68.3 Å². The van der Waals surface area contributed by atoms with Gasteiger partial charge in [-0.2, -0.15) is 0 Å². The molecule has 0 atom stereocenters. The van der Waals surface area contributed by atoms with Crippen molar-refractivity contribution in [3.8, 4) is 62.1 Å². The largest absolute Gasteiger partial charge is 0.438 e. The Hall–Kier alpha value is -6.90. The van der Waals surface area contributed by atoms with E-state index in [0.717, 1.165) is 77.6 Å². The number of rotatable bonds is 6. The number of nitrogens with zero attached hydrogens (tertiary/aromatic N) is 4. The fourth-order valence-corrected chi connectivity index (χ4v) is 9.17. The molecule has 0 saturated carbocycles. The molecule has 0 aliphatic carbocycles. The highest BCUT2D eigenvalue weighted by atomic mass is 127. The third-order valence-corrected chi connectivity index (χ3v) is 11.9. The number of hydrogen-bond acceptors (Lipinski definition) is 4. The number of halogens is 1. The van der Waals surface area contributed by atoms with Gasteiger partial charge in [0.15, 0.2) is 17.5 Å². The van der Waals surface area contributed by atoms with Crippen molar-refractivity contribution in [1.29, 1.82) is 0 Å². The quantitative estimate of drug-likeness (QED) is 0.157. The van der Waals surface area contributed by atoms with Gasteiger partial charge in [0, 0.05) is 42.3 Å². The van der Waals surface area contributed by atoms with Crippen molar-refractivity contribution in [2.24, 2.45) is 0 Å². The lowest BCUT2D eigenvalue weighted by Gasteiger charge is -2.12. The molecule has 5 nitrogen and oxygen atoms in total. The standard InChI is InChI=1S/C51H31IN4O/c52-46-40-25-14-13-24-39(40)44-45-43-38(26-15-27-41(43)56(37-22-11-4-12-23-37)51(45)57-47(44)42(46)33-16-5-1-6-17-33)32-28-30-36(31-29-32)50-54-48(34-18-7-2-8-19-34)53-49(55-50)35-20-9-3-10-21-35/h1-31H. The maximum atomic E-state index is 7.20. The highest BCUT2D eigenvalue weighted by molar-refractivity contribution is 14.1. The zero-order valence-corrected chi connectivity index (χ0v) is 32.6. The molecule has 11 rings (SSSR count). The van der Waals surface area contributed by atoms with E-state index in [1.807, 2.05) is 60.7 Å². The summed E-state index contributed by atoms with van der Waals surface area (Å²) in [4.78, 5) is 14.9. The van der Waals surface area contributed by atoms with E-state index < -0.39 is 0 Å². The normalized spacial score (nSPS) is 11.6. The maximum Gasteiger partial charge on any atom is 0.213 e. The summed E-state index contributed by atoms with van der Waals surface area (Å²) in [5, 5.41) is 5.75. The Kier molecular flexibility index (Phi) is 8.03. The molecule has 0 spiro atoms. The first-order chi connectivity index (χ1) is 28.2. The second-order valence-corrected chi connectivity index (χ2v) is 15.2. The predicted octanol–water partition coefficient (Wildman–Crippen LogP) is 13.8. The van der Waals surface area contributed by atoms with Crippen LogP contribution < -0.4 is 0 Å². The number of furan rings is 1. The van der Waals surface area contributed by atoms with Gasteiger partial charge >= 0.3 is 0 Å². The van der Waals surface area contributed by atoms with Gasteiger partial charge < -0.3 is 4.42 Å². The topological polar surface area (TPSA) is 56.7 Å². The molecule has 0 aliphatic rings. The summed E-state index contributed by atoms with van der Waals surface area (Å²) in [7, 11) is 0. The van der Waals surface area contributed by atoms with Crippen molar-refractivity contribution in [2.45, 2.75) is 0 Å². The summed E-state index contributed by atoms with van der Waals surface area (Å²) in [6, 6.07) is 65.2. The van der Waals surface area contributed by atoms with E-state index in [-0.39, 0.29) is 0 Å². The van der Waals surface area contributed by atoms with Crippen molar-refractivity contribution in [1.82, 2.24) is 19.5 Å². The Bertz CT molecular complexity index is 3210. The van der Waals surface area contributed by atoms with Crippen LogP contribution in [0.4, 0.5) is 0 Å². The summed E-state index contributed by atoms with van der Waals surface area (Å²) in [5.41, 5.74) is 11.1. The first-order valence-corrected chi connectivity index (χ1v) is 20.0. The molecule has 6 heteroatoms. The molecule has 3 heterocycles. The van der Waals surface area contributed by atoms with E-state index in [0.29, 0.717) is 17.5 Å². The average Bonchev–Trinajstić information content (AvgIpc) is 3.82. The third-order valence-electron chi connectivity index (χ3n) is 10.7. The summed E-state index contributed by atoms with van der Waals surface area (Å²) in [5.74, 6) is 1.91. The maximum absolute atomic E-state index is 7.20. The highest BCUT2D eigenvalue weighted by Crippen LogP contribution is 2.49. The molecule has 3 aromatic heterocycles.